The molecule has 0 bridgehead atoms. The average Bonchev–Trinajstić information content (AvgIpc) is 2.88. The molecule has 8 heteroatoms. The Balaban J connectivity index is 1.97. The topological polar surface area (TPSA) is 84.8 Å². The molecule has 1 amide bonds. The van der Waals surface area contributed by atoms with Gasteiger partial charge in [0.15, 0.2) is 5.11 Å². The zero-order valence-electron chi connectivity index (χ0n) is 14.0. The molecular formula is C17H22ClN3O3S. The first-order valence-corrected chi connectivity index (χ1v) is 9.10. The second-order valence-corrected chi connectivity index (χ2v) is 7.70. The van der Waals surface area contributed by atoms with Crippen molar-refractivity contribution in [1.29, 1.82) is 0 Å². The molecule has 3 rings (SSSR count). The number of carbonyl (C=O) groups excluding carboxylic acids is 1. The summed E-state index contributed by atoms with van der Waals surface area (Å²) in [6.07, 6.45) is -1.80. The van der Waals surface area contributed by atoms with Crippen LogP contribution in [0.5, 0.6) is 0 Å². The fraction of sp³-hybridized carbons (Fsp3) is 0.529. The first kappa shape index (κ1) is 18.4. The molecular weight excluding hydrogens is 362 g/mol. The lowest BCUT2D eigenvalue weighted by atomic mass is 9.77. The number of carbonyl (C=O) groups is 1. The molecule has 2 aliphatic rings. The summed E-state index contributed by atoms with van der Waals surface area (Å²) in [6, 6.07) is 6.25. The van der Waals surface area contributed by atoms with E-state index in [0.717, 1.165) is 5.69 Å². The second kappa shape index (κ2) is 7.07. The first-order valence-electron chi connectivity index (χ1n) is 8.31. The van der Waals surface area contributed by atoms with Crippen molar-refractivity contribution in [2.75, 3.05) is 4.90 Å². The third-order valence-corrected chi connectivity index (χ3v) is 5.28. The minimum atomic E-state index is -0.997. The Kier molecular flexibility index (Phi) is 5.20. The summed E-state index contributed by atoms with van der Waals surface area (Å²) in [4.78, 5) is 14.6. The average molecular weight is 384 g/mol. The molecule has 1 aromatic carbocycles. The van der Waals surface area contributed by atoms with Crippen molar-refractivity contribution in [3.63, 3.8) is 0 Å². The number of halogens is 1. The SMILES string of the molecule is CC(C)NC(=O)C1CC(O)C(O)C2NC(=S)N(c3ccc(Cl)cc3)C12. The van der Waals surface area contributed by atoms with Gasteiger partial charge in [-0.1, -0.05) is 11.6 Å². The highest BCUT2D eigenvalue weighted by Gasteiger charge is 2.53. The number of nitrogens with zero attached hydrogens (tertiary/aromatic N) is 1. The Labute approximate surface area is 157 Å². The summed E-state index contributed by atoms with van der Waals surface area (Å²) in [5, 5.41) is 27.6. The summed E-state index contributed by atoms with van der Waals surface area (Å²) < 4.78 is 0. The molecule has 1 aliphatic heterocycles. The number of aliphatic hydroxyl groups is 2. The molecule has 1 heterocycles. The lowest BCUT2D eigenvalue weighted by Gasteiger charge is -2.41. The lowest BCUT2D eigenvalue weighted by Crippen LogP contribution is -2.61. The fourth-order valence-electron chi connectivity index (χ4n) is 3.63. The summed E-state index contributed by atoms with van der Waals surface area (Å²) in [5.74, 6) is -0.657. The van der Waals surface area contributed by atoms with Crippen molar-refractivity contribution in [2.24, 2.45) is 5.92 Å². The van der Waals surface area contributed by atoms with E-state index in [1.807, 2.05) is 30.9 Å². The van der Waals surface area contributed by atoms with Gasteiger partial charge in [-0.3, -0.25) is 4.79 Å². The number of nitrogens with one attached hydrogen (secondary N) is 2. The minimum absolute atomic E-state index is 0.0137. The Morgan fingerprint density at radius 1 is 1.36 bits per heavy atom. The molecule has 5 atom stereocenters. The third-order valence-electron chi connectivity index (χ3n) is 4.72. The van der Waals surface area contributed by atoms with Crippen molar-refractivity contribution in [3.8, 4) is 0 Å². The van der Waals surface area contributed by atoms with Crippen molar-refractivity contribution in [3.05, 3.63) is 29.3 Å². The molecule has 6 nitrogen and oxygen atoms in total. The molecule has 25 heavy (non-hydrogen) atoms. The van der Waals surface area contributed by atoms with E-state index in [0.29, 0.717) is 10.1 Å². The third kappa shape index (κ3) is 3.46. The van der Waals surface area contributed by atoms with Gasteiger partial charge < -0.3 is 25.7 Å². The van der Waals surface area contributed by atoms with E-state index in [2.05, 4.69) is 10.6 Å². The van der Waals surface area contributed by atoms with Crippen LogP contribution < -0.4 is 15.5 Å². The zero-order valence-corrected chi connectivity index (χ0v) is 15.6. The number of aliphatic hydroxyl groups excluding tert-OH is 2. The second-order valence-electron chi connectivity index (χ2n) is 6.88. The van der Waals surface area contributed by atoms with Crippen molar-refractivity contribution in [1.82, 2.24) is 10.6 Å². The van der Waals surface area contributed by atoms with E-state index in [9.17, 15) is 15.0 Å². The number of amides is 1. The first-order chi connectivity index (χ1) is 11.8. The van der Waals surface area contributed by atoms with Crippen LogP contribution in [0.1, 0.15) is 20.3 Å². The van der Waals surface area contributed by atoms with Crippen molar-refractivity contribution < 1.29 is 15.0 Å². The van der Waals surface area contributed by atoms with Gasteiger partial charge in [-0.05, 0) is 56.8 Å². The maximum Gasteiger partial charge on any atom is 0.225 e. The summed E-state index contributed by atoms with van der Waals surface area (Å²) in [5.41, 5.74) is 0.792. The van der Waals surface area contributed by atoms with Crippen LogP contribution in [0, 0.1) is 5.92 Å². The van der Waals surface area contributed by atoms with Gasteiger partial charge in [0, 0.05) is 16.8 Å². The molecule has 4 N–H and O–H groups in total. The van der Waals surface area contributed by atoms with Gasteiger partial charge in [-0.15, -0.1) is 0 Å². The summed E-state index contributed by atoms with van der Waals surface area (Å²) >= 11 is 11.4. The highest BCUT2D eigenvalue weighted by Crippen LogP contribution is 2.37. The highest BCUT2D eigenvalue weighted by atomic mass is 35.5. The molecule has 1 saturated carbocycles. The molecule has 0 spiro atoms. The molecule has 2 fully saturated rings. The van der Waals surface area contributed by atoms with Crippen LogP contribution in [-0.4, -0.2) is 51.6 Å². The predicted molar refractivity (Wildman–Crippen MR) is 101 cm³/mol. The number of benzene rings is 1. The monoisotopic (exact) mass is 383 g/mol. The van der Waals surface area contributed by atoms with E-state index in [-0.39, 0.29) is 24.4 Å². The molecule has 0 radical (unpaired) electrons. The molecule has 0 aromatic heterocycles. The van der Waals surface area contributed by atoms with Crippen molar-refractivity contribution >= 4 is 40.5 Å². The molecule has 136 valence electrons. The fourth-order valence-corrected chi connectivity index (χ4v) is 4.12. The predicted octanol–water partition coefficient (Wildman–Crippen LogP) is 1.04. The van der Waals surface area contributed by atoms with E-state index < -0.39 is 24.2 Å². The number of hydrogen-bond donors (Lipinski definition) is 4. The minimum Gasteiger partial charge on any atom is -0.390 e. The number of thiocarbonyl (C=S) groups is 1. The summed E-state index contributed by atoms with van der Waals surface area (Å²) in [6.45, 7) is 3.77. The van der Waals surface area contributed by atoms with Gasteiger partial charge >= 0.3 is 0 Å². The molecule has 5 unspecified atom stereocenters. The smallest absolute Gasteiger partial charge is 0.225 e. The van der Waals surface area contributed by atoms with Gasteiger partial charge in [0.2, 0.25) is 5.91 Å². The maximum absolute atomic E-state index is 12.7. The zero-order chi connectivity index (χ0) is 18.3. The summed E-state index contributed by atoms with van der Waals surface area (Å²) in [7, 11) is 0. The number of hydrogen-bond acceptors (Lipinski definition) is 4. The Hall–Kier alpha value is -1.41. The highest BCUT2D eigenvalue weighted by molar-refractivity contribution is 7.80. The van der Waals surface area contributed by atoms with Gasteiger partial charge in [-0.25, -0.2) is 0 Å². The van der Waals surface area contributed by atoms with Crippen LogP contribution >= 0.6 is 23.8 Å². The standard InChI is InChI=1S/C17H22ClN3O3S/c1-8(2)19-16(24)11-7-12(22)15(23)13-14(11)21(17(25)20-13)10-5-3-9(18)4-6-10/h3-6,8,11-15,22-23H,7H2,1-2H3,(H,19,24)(H,20,25). The number of anilines is 1. The van der Waals surface area contributed by atoms with Crippen LogP contribution in [0.2, 0.25) is 5.02 Å². The maximum atomic E-state index is 12.7. The normalized spacial score (nSPS) is 31.7. The van der Waals surface area contributed by atoms with Crippen LogP contribution in [0.4, 0.5) is 5.69 Å². The Morgan fingerprint density at radius 2 is 2.00 bits per heavy atom. The molecule has 1 saturated heterocycles. The van der Waals surface area contributed by atoms with Gasteiger partial charge in [-0.2, -0.15) is 0 Å². The Morgan fingerprint density at radius 3 is 2.60 bits per heavy atom. The van der Waals surface area contributed by atoms with Crippen LogP contribution in [-0.2, 0) is 4.79 Å². The lowest BCUT2D eigenvalue weighted by molar-refractivity contribution is -0.131. The van der Waals surface area contributed by atoms with Crippen LogP contribution in [0.25, 0.3) is 0 Å². The quantitative estimate of drug-likeness (QED) is 0.584. The van der Waals surface area contributed by atoms with Gasteiger partial charge in [0.25, 0.3) is 0 Å². The Bertz CT molecular complexity index is 670. The number of fused-ring (bicyclic) bond motifs is 1. The molecule has 1 aromatic rings. The number of rotatable bonds is 3. The largest absolute Gasteiger partial charge is 0.390 e. The van der Waals surface area contributed by atoms with Crippen LogP contribution in [0.3, 0.4) is 0 Å². The van der Waals surface area contributed by atoms with E-state index >= 15 is 0 Å². The van der Waals surface area contributed by atoms with Crippen molar-refractivity contribution in [2.45, 2.75) is 50.6 Å². The van der Waals surface area contributed by atoms with E-state index in [1.54, 1.807) is 12.1 Å². The van der Waals surface area contributed by atoms with E-state index in [1.165, 1.54) is 0 Å². The van der Waals surface area contributed by atoms with Crippen LogP contribution in [0.15, 0.2) is 24.3 Å². The van der Waals surface area contributed by atoms with Gasteiger partial charge in [0.1, 0.15) is 6.10 Å². The van der Waals surface area contributed by atoms with E-state index in [4.69, 9.17) is 23.8 Å². The van der Waals surface area contributed by atoms with Gasteiger partial charge in [0.05, 0.1) is 24.1 Å². The molecule has 1 aliphatic carbocycles.